The smallest absolute Gasteiger partial charge is 0.272 e. The van der Waals surface area contributed by atoms with Crippen LogP contribution in [-0.2, 0) is 17.9 Å². The van der Waals surface area contributed by atoms with Crippen molar-refractivity contribution >= 4 is 17.7 Å². The molecule has 3 amide bonds. The zero-order valence-corrected chi connectivity index (χ0v) is 18.2. The highest BCUT2D eigenvalue weighted by atomic mass is 19.1. The van der Waals surface area contributed by atoms with E-state index >= 15 is 0 Å². The van der Waals surface area contributed by atoms with Crippen molar-refractivity contribution in [3.63, 3.8) is 0 Å². The van der Waals surface area contributed by atoms with Crippen molar-refractivity contribution in [3.8, 4) is 0 Å². The third-order valence-corrected chi connectivity index (χ3v) is 5.99. The predicted molar refractivity (Wildman–Crippen MR) is 115 cm³/mol. The molecular formula is C23H28FN5O3. The lowest BCUT2D eigenvalue weighted by Gasteiger charge is -2.29. The van der Waals surface area contributed by atoms with Gasteiger partial charge in [-0.05, 0) is 50.3 Å². The number of hydrogen-bond acceptors (Lipinski definition) is 4. The van der Waals surface area contributed by atoms with Crippen LogP contribution < -0.4 is 5.32 Å². The van der Waals surface area contributed by atoms with E-state index in [9.17, 15) is 18.8 Å². The van der Waals surface area contributed by atoms with Gasteiger partial charge < -0.3 is 15.1 Å². The number of fused-ring (bicyclic) bond motifs is 1. The van der Waals surface area contributed by atoms with Gasteiger partial charge in [0.25, 0.3) is 11.8 Å². The maximum Gasteiger partial charge on any atom is 0.272 e. The Morgan fingerprint density at radius 3 is 2.50 bits per heavy atom. The molecule has 0 saturated carbocycles. The fourth-order valence-electron chi connectivity index (χ4n) is 4.23. The molecule has 1 N–H and O–H groups in total. The van der Waals surface area contributed by atoms with Crippen LogP contribution in [0.4, 0.5) is 4.39 Å². The summed E-state index contributed by atoms with van der Waals surface area (Å²) in [7, 11) is 0. The lowest BCUT2D eigenvalue weighted by Crippen LogP contribution is -2.48. The average Bonchev–Trinajstić information content (AvgIpc) is 3.18. The Morgan fingerprint density at radius 2 is 1.78 bits per heavy atom. The molecule has 1 saturated heterocycles. The monoisotopic (exact) mass is 441 g/mol. The standard InChI is InChI=1S/C23H28FN5O3/c1-16(22(31)27-10-3-2-4-11-27)25-21(30)19-14-20-23(32)28(12-5-13-29(20)26-19)15-17-6-8-18(24)9-7-17/h6-9,14,16H,2-5,10-13,15H2,1H3,(H,25,30). The molecule has 8 nitrogen and oxygen atoms in total. The van der Waals surface area contributed by atoms with Crippen molar-refractivity contribution in [2.24, 2.45) is 0 Å². The third kappa shape index (κ3) is 4.81. The largest absolute Gasteiger partial charge is 0.341 e. The number of halogens is 1. The first kappa shape index (κ1) is 22.0. The Hall–Kier alpha value is -3.23. The van der Waals surface area contributed by atoms with Crippen LogP contribution in [0, 0.1) is 5.82 Å². The second-order valence-corrected chi connectivity index (χ2v) is 8.43. The van der Waals surface area contributed by atoms with Gasteiger partial charge in [0, 0.05) is 38.8 Å². The highest BCUT2D eigenvalue weighted by molar-refractivity contribution is 5.99. The van der Waals surface area contributed by atoms with E-state index in [-0.39, 0.29) is 23.3 Å². The fraction of sp³-hybridized carbons (Fsp3) is 0.478. The Kier molecular flexibility index (Phi) is 6.53. The number of hydrogen-bond donors (Lipinski definition) is 1. The Labute approximate surface area is 186 Å². The number of nitrogens with one attached hydrogen (secondary N) is 1. The number of amides is 3. The van der Waals surface area contributed by atoms with E-state index in [1.165, 1.54) is 18.2 Å². The van der Waals surface area contributed by atoms with Crippen molar-refractivity contribution in [2.75, 3.05) is 19.6 Å². The molecule has 0 radical (unpaired) electrons. The quantitative estimate of drug-likeness (QED) is 0.771. The molecule has 1 aromatic carbocycles. The molecule has 2 aliphatic rings. The minimum absolute atomic E-state index is 0.0969. The van der Waals surface area contributed by atoms with E-state index in [4.69, 9.17) is 0 Å². The second-order valence-electron chi connectivity index (χ2n) is 8.43. The lowest BCUT2D eigenvalue weighted by molar-refractivity contribution is -0.133. The van der Waals surface area contributed by atoms with Gasteiger partial charge in [0.05, 0.1) is 0 Å². The van der Waals surface area contributed by atoms with E-state index in [1.54, 1.807) is 33.5 Å². The van der Waals surface area contributed by atoms with E-state index in [0.717, 1.165) is 37.9 Å². The van der Waals surface area contributed by atoms with Gasteiger partial charge in [0.2, 0.25) is 5.91 Å². The number of carbonyl (C=O) groups excluding carboxylic acids is 3. The van der Waals surface area contributed by atoms with Crippen LogP contribution in [0.1, 0.15) is 59.1 Å². The minimum Gasteiger partial charge on any atom is -0.341 e. The lowest BCUT2D eigenvalue weighted by atomic mass is 10.1. The molecule has 0 bridgehead atoms. The van der Waals surface area contributed by atoms with Gasteiger partial charge in [-0.1, -0.05) is 12.1 Å². The van der Waals surface area contributed by atoms with E-state index in [1.807, 2.05) is 0 Å². The molecule has 170 valence electrons. The van der Waals surface area contributed by atoms with E-state index < -0.39 is 11.9 Å². The highest BCUT2D eigenvalue weighted by Crippen LogP contribution is 2.17. The topological polar surface area (TPSA) is 87.5 Å². The van der Waals surface area contributed by atoms with Crippen molar-refractivity contribution in [3.05, 3.63) is 53.1 Å². The highest BCUT2D eigenvalue weighted by Gasteiger charge is 2.28. The fourth-order valence-corrected chi connectivity index (χ4v) is 4.23. The summed E-state index contributed by atoms with van der Waals surface area (Å²) in [5, 5.41) is 7.04. The number of benzene rings is 1. The number of carbonyl (C=O) groups is 3. The summed E-state index contributed by atoms with van der Waals surface area (Å²) < 4.78 is 14.7. The number of rotatable bonds is 5. The summed E-state index contributed by atoms with van der Waals surface area (Å²) in [6.45, 7) is 4.52. The van der Waals surface area contributed by atoms with Gasteiger partial charge in [0.1, 0.15) is 17.6 Å². The molecule has 1 aromatic heterocycles. The SMILES string of the molecule is CC(NC(=O)c1cc2n(n1)CCCN(Cc1ccc(F)cc1)C2=O)C(=O)N1CCCCC1. The van der Waals surface area contributed by atoms with E-state index in [2.05, 4.69) is 10.4 Å². The summed E-state index contributed by atoms with van der Waals surface area (Å²) in [6.07, 6.45) is 3.77. The molecule has 4 rings (SSSR count). The molecule has 1 atom stereocenters. The third-order valence-electron chi connectivity index (χ3n) is 5.99. The van der Waals surface area contributed by atoms with Gasteiger partial charge >= 0.3 is 0 Å². The van der Waals surface area contributed by atoms with E-state index in [0.29, 0.717) is 31.7 Å². The maximum absolute atomic E-state index is 13.2. The molecule has 9 heteroatoms. The van der Waals surface area contributed by atoms with Crippen LogP contribution in [0.2, 0.25) is 0 Å². The first-order valence-corrected chi connectivity index (χ1v) is 11.1. The number of aromatic nitrogens is 2. The first-order valence-electron chi connectivity index (χ1n) is 11.1. The van der Waals surface area contributed by atoms with Crippen molar-refractivity contribution in [1.29, 1.82) is 0 Å². The second kappa shape index (κ2) is 9.50. The van der Waals surface area contributed by atoms with Crippen LogP contribution in [0.5, 0.6) is 0 Å². The van der Waals surface area contributed by atoms with Crippen LogP contribution in [0.25, 0.3) is 0 Å². The molecule has 2 aromatic rings. The van der Waals surface area contributed by atoms with Gasteiger partial charge in [-0.15, -0.1) is 0 Å². The molecule has 2 aliphatic heterocycles. The molecule has 1 unspecified atom stereocenters. The van der Waals surface area contributed by atoms with Crippen LogP contribution in [0.3, 0.4) is 0 Å². The Bertz CT molecular complexity index is 998. The normalized spacial score (nSPS) is 17.5. The molecule has 1 fully saturated rings. The van der Waals surface area contributed by atoms with Crippen molar-refractivity contribution < 1.29 is 18.8 Å². The summed E-state index contributed by atoms with van der Waals surface area (Å²) in [5.41, 5.74) is 1.29. The molecule has 32 heavy (non-hydrogen) atoms. The van der Waals surface area contributed by atoms with Crippen LogP contribution in [-0.4, -0.2) is 63.0 Å². The Morgan fingerprint density at radius 1 is 1.06 bits per heavy atom. The predicted octanol–water partition coefficient (Wildman–Crippen LogP) is 2.20. The summed E-state index contributed by atoms with van der Waals surface area (Å²) in [5.74, 6) is -1.12. The zero-order chi connectivity index (χ0) is 22.7. The maximum atomic E-state index is 13.2. The molecule has 0 aliphatic carbocycles. The van der Waals surface area contributed by atoms with Crippen LogP contribution in [0.15, 0.2) is 30.3 Å². The summed E-state index contributed by atoms with van der Waals surface area (Å²) in [4.78, 5) is 41.9. The number of nitrogens with zero attached hydrogens (tertiary/aromatic N) is 4. The minimum atomic E-state index is -0.659. The van der Waals surface area contributed by atoms with Gasteiger partial charge in [-0.25, -0.2) is 4.39 Å². The summed E-state index contributed by atoms with van der Waals surface area (Å²) in [6, 6.07) is 6.88. The van der Waals surface area contributed by atoms with Crippen molar-refractivity contribution in [2.45, 2.75) is 51.7 Å². The average molecular weight is 442 g/mol. The number of piperidine rings is 1. The van der Waals surface area contributed by atoms with Gasteiger partial charge in [-0.2, -0.15) is 5.10 Å². The van der Waals surface area contributed by atoms with Gasteiger partial charge in [0.15, 0.2) is 5.69 Å². The molecule has 0 spiro atoms. The first-order chi connectivity index (χ1) is 15.4. The molecular weight excluding hydrogens is 413 g/mol. The summed E-state index contributed by atoms with van der Waals surface area (Å²) >= 11 is 0. The zero-order valence-electron chi connectivity index (χ0n) is 18.2. The Balaban J connectivity index is 1.43. The van der Waals surface area contributed by atoms with Crippen LogP contribution >= 0.6 is 0 Å². The van der Waals surface area contributed by atoms with Crippen molar-refractivity contribution in [1.82, 2.24) is 24.9 Å². The number of likely N-dealkylation sites (tertiary alicyclic amines) is 1. The van der Waals surface area contributed by atoms with Gasteiger partial charge in [-0.3, -0.25) is 19.1 Å². The number of aryl methyl sites for hydroxylation is 1. The molecule has 3 heterocycles.